The van der Waals surface area contributed by atoms with Gasteiger partial charge < -0.3 is 10.4 Å². The number of benzene rings is 2. The molecule has 1 atom stereocenters. The maximum Gasteiger partial charge on any atom is 0.170 e. The third kappa shape index (κ3) is 4.48. The molecular formula is C27H22F2N6OS. The first-order valence-electron chi connectivity index (χ1n) is 11.8. The van der Waals surface area contributed by atoms with Crippen molar-refractivity contribution in [2.24, 2.45) is 0 Å². The first kappa shape index (κ1) is 23.4. The van der Waals surface area contributed by atoms with E-state index in [1.807, 2.05) is 12.1 Å². The summed E-state index contributed by atoms with van der Waals surface area (Å²) in [4.78, 5) is 18.1. The van der Waals surface area contributed by atoms with Crippen molar-refractivity contribution in [2.75, 3.05) is 17.6 Å². The number of imidazole rings is 1. The van der Waals surface area contributed by atoms with E-state index in [2.05, 4.69) is 26.8 Å². The van der Waals surface area contributed by atoms with E-state index < -0.39 is 5.82 Å². The normalized spacial score (nSPS) is 14.7. The Morgan fingerprint density at radius 2 is 1.89 bits per heavy atom. The van der Waals surface area contributed by atoms with E-state index in [0.29, 0.717) is 52.5 Å². The fourth-order valence-corrected chi connectivity index (χ4v) is 5.56. The van der Waals surface area contributed by atoms with Crippen molar-refractivity contribution in [1.82, 2.24) is 24.5 Å². The standard InChI is InChI=1S/C27H22F2N6OS/c1-15-14-37-27-32-23-25(33-24(34-26(23)35(15)27)18-11-20(29)13-30-12-18)31-8-7-16-5-6-22(36)21(9-16)17-3-2-4-19(28)10-17/h2-6,9-13,15,36H,7-8,14H2,1H3,(H,31,33,34)/t15-/m0/s1. The van der Waals surface area contributed by atoms with Crippen LogP contribution in [0.5, 0.6) is 5.75 Å². The maximum atomic E-state index is 13.9. The van der Waals surface area contributed by atoms with Gasteiger partial charge in [-0.25, -0.2) is 23.7 Å². The highest BCUT2D eigenvalue weighted by Gasteiger charge is 2.27. The van der Waals surface area contributed by atoms with E-state index in [0.717, 1.165) is 22.7 Å². The number of phenolic OH excluding ortho intramolecular Hbond substituents is 1. The van der Waals surface area contributed by atoms with Crippen LogP contribution in [0.15, 0.2) is 66.1 Å². The molecule has 0 aliphatic carbocycles. The van der Waals surface area contributed by atoms with Crippen LogP contribution in [0.25, 0.3) is 33.7 Å². The quantitative estimate of drug-likeness (QED) is 0.292. The number of aromatic nitrogens is 5. The van der Waals surface area contributed by atoms with Crippen molar-refractivity contribution in [3.8, 4) is 28.3 Å². The summed E-state index contributed by atoms with van der Waals surface area (Å²) in [6.07, 6.45) is 3.30. The number of hydrogen-bond donors (Lipinski definition) is 2. The number of rotatable bonds is 6. The van der Waals surface area contributed by atoms with Gasteiger partial charge in [-0.2, -0.15) is 0 Å². The van der Waals surface area contributed by atoms with E-state index >= 15 is 0 Å². The number of hydrogen-bond acceptors (Lipinski definition) is 7. The molecule has 0 saturated heterocycles. The smallest absolute Gasteiger partial charge is 0.170 e. The lowest BCUT2D eigenvalue weighted by atomic mass is 10.0. The summed E-state index contributed by atoms with van der Waals surface area (Å²) < 4.78 is 29.7. The second-order valence-electron chi connectivity index (χ2n) is 8.92. The van der Waals surface area contributed by atoms with Crippen LogP contribution in [-0.4, -0.2) is 41.9 Å². The number of thioether (sulfide) groups is 1. The Kier molecular flexibility index (Phi) is 5.96. The third-order valence-electron chi connectivity index (χ3n) is 6.27. The van der Waals surface area contributed by atoms with E-state index in [1.54, 1.807) is 30.0 Å². The minimum absolute atomic E-state index is 0.0901. The van der Waals surface area contributed by atoms with Gasteiger partial charge >= 0.3 is 0 Å². The highest BCUT2D eigenvalue weighted by molar-refractivity contribution is 7.99. The number of pyridine rings is 1. The lowest BCUT2D eigenvalue weighted by Gasteiger charge is -2.12. The van der Waals surface area contributed by atoms with Crippen LogP contribution in [0, 0.1) is 11.6 Å². The number of nitrogens with zero attached hydrogens (tertiary/aromatic N) is 5. The van der Waals surface area contributed by atoms with E-state index in [1.165, 1.54) is 24.4 Å². The monoisotopic (exact) mass is 516 g/mol. The Morgan fingerprint density at radius 3 is 2.73 bits per heavy atom. The second-order valence-corrected chi connectivity index (χ2v) is 9.91. The zero-order valence-electron chi connectivity index (χ0n) is 19.8. The predicted octanol–water partition coefficient (Wildman–Crippen LogP) is 5.86. The van der Waals surface area contributed by atoms with Crippen molar-refractivity contribution < 1.29 is 13.9 Å². The number of halogens is 2. The van der Waals surface area contributed by atoms with Crippen molar-refractivity contribution >= 4 is 28.7 Å². The molecule has 0 fully saturated rings. The molecule has 0 saturated carbocycles. The zero-order chi connectivity index (χ0) is 25.5. The van der Waals surface area contributed by atoms with Crippen molar-refractivity contribution in [1.29, 1.82) is 0 Å². The largest absolute Gasteiger partial charge is 0.507 e. The minimum atomic E-state index is -0.459. The fourth-order valence-electron chi connectivity index (χ4n) is 4.46. The second kappa shape index (κ2) is 9.44. The Balaban J connectivity index is 1.31. The average Bonchev–Trinajstić information content (AvgIpc) is 3.44. The van der Waals surface area contributed by atoms with Crippen molar-refractivity contribution in [2.45, 2.75) is 24.5 Å². The Hall–Kier alpha value is -4.05. The maximum absolute atomic E-state index is 13.9. The average molecular weight is 517 g/mol. The first-order chi connectivity index (χ1) is 18.0. The number of fused-ring (bicyclic) bond motifs is 3. The van der Waals surface area contributed by atoms with Crippen LogP contribution >= 0.6 is 11.8 Å². The Labute approximate surface area is 215 Å². The highest BCUT2D eigenvalue weighted by atomic mass is 32.2. The molecular weight excluding hydrogens is 494 g/mol. The summed E-state index contributed by atoms with van der Waals surface area (Å²) in [5.41, 5.74) is 3.98. The molecule has 1 aliphatic rings. The highest BCUT2D eigenvalue weighted by Crippen LogP contribution is 2.38. The Morgan fingerprint density at radius 1 is 1.03 bits per heavy atom. The number of aromatic hydroxyl groups is 1. The summed E-state index contributed by atoms with van der Waals surface area (Å²) in [5, 5.41) is 14.6. The molecule has 7 nitrogen and oxygen atoms in total. The van der Waals surface area contributed by atoms with Gasteiger partial charge in [0.15, 0.2) is 28.0 Å². The molecule has 0 bridgehead atoms. The van der Waals surface area contributed by atoms with Crippen LogP contribution in [0.4, 0.5) is 14.6 Å². The molecule has 5 aromatic rings. The van der Waals surface area contributed by atoms with Gasteiger partial charge in [-0.15, -0.1) is 0 Å². The molecule has 10 heteroatoms. The minimum Gasteiger partial charge on any atom is -0.507 e. The predicted molar refractivity (Wildman–Crippen MR) is 140 cm³/mol. The topological polar surface area (TPSA) is 88.8 Å². The molecule has 0 unspecified atom stereocenters. The van der Waals surface area contributed by atoms with E-state index in [-0.39, 0.29) is 17.6 Å². The van der Waals surface area contributed by atoms with Gasteiger partial charge in [-0.3, -0.25) is 9.55 Å². The van der Waals surface area contributed by atoms with Gasteiger partial charge in [-0.05, 0) is 54.8 Å². The molecule has 4 heterocycles. The molecule has 0 amide bonds. The summed E-state index contributed by atoms with van der Waals surface area (Å²) in [6, 6.07) is 13.0. The fraction of sp³-hybridized carbons (Fsp3) is 0.185. The lowest BCUT2D eigenvalue weighted by Crippen LogP contribution is -2.09. The number of phenols is 1. The van der Waals surface area contributed by atoms with Crippen molar-refractivity contribution in [3.63, 3.8) is 0 Å². The lowest BCUT2D eigenvalue weighted by molar-refractivity contribution is 0.477. The molecule has 2 aromatic carbocycles. The molecule has 37 heavy (non-hydrogen) atoms. The van der Waals surface area contributed by atoms with Gasteiger partial charge in [0, 0.05) is 35.7 Å². The molecule has 3 aromatic heterocycles. The van der Waals surface area contributed by atoms with Crippen LogP contribution in [0.3, 0.4) is 0 Å². The molecule has 1 aliphatic heterocycles. The van der Waals surface area contributed by atoms with Crippen molar-refractivity contribution in [3.05, 3.63) is 78.1 Å². The van der Waals surface area contributed by atoms with Gasteiger partial charge in [0.2, 0.25) is 0 Å². The molecule has 0 radical (unpaired) electrons. The van der Waals surface area contributed by atoms with Gasteiger partial charge in [0.25, 0.3) is 0 Å². The summed E-state index contributed by atoms with van der Waals surface area (Å²) >= 11 is 1.67. The summed E-state index contributed by atoms with van der Waals surface area (Å²) in [7, 11) is 0. The summed E-state index contributed by atoms with van der Waals surface area (Å²) in [6.45, 7) is 2.63. The van der Waals surface area contributed by atoms with Crippen LogP contribution < -0.4 is 5.32 Å². The van der Waals surface area contributed by atoms with E-state index in [9.17, 15) is 13.9 Å². The SMILES string of the molecule is C[C@H]1CSc2nc3c(NCCc4ccc(O)c(-c5cccc(F)c5)c4)nc(-c4cncc(F)c4)nc3n21. The molecule has 6 rings (SSSR count). The van der Waals surface area contributed by atoms with Gasteiger partial charge in [0.1, 0.15) is 17.4 Å². The Bertz CT molecular complexity index is 1640. The van der Waals surface area contributed by atoms with Crippen LogP contribution in [0.2, 0.25) is 0 Å². The molecule has 0 spiro atoms. The summed E-state index contributed by atoms with van der Waals surface area (Å²) in [5.74, 6) is 1.11. The van der Waals surface area contributed by atoms with Crippen LogP contribution in [-0.2, 0) is 6.42 Å². The van der Waals surface area contributed by atoms with Gasteiger partial charge in [0.05, 0.1) is 6.20 Å². The van der Waals surface area contributed by atoms with E-state index in [4.69, 9.17) is 9.97 Å². The molecule has 186 valence electrons. The first-order valence-corrected chi connectivity index (χ1v) is 12.8. The van der Waals surface area contributed by atoms with Gasteiger partial charge in [-0.1, -0.05) is 30.0 Å². The zero-order valence-corrected chi connectivity index (χ0v) is 20.6. The molecule has 2 N–H and O–H groups in total. The number of anilines is 1. The third-order valence-corrected chi connectivity index (χ3v) is 7.46. The van der Waals surface area contributed by atoms with Crippen LogP contribution in [0.1, 0.15) is 18.5 Å². The number of nitrogens with one attached hydrogen (secondary N) is 1.